The molecule has 2 atom stereocenters. The molecule has 0 radical (unpaired) electrons. The minimum absolute atomic E-state index is 0.0623. The zero-order chi connectivity index (χ0) is 15.0. The molecular weight excluding hydrogens is 288 g/mol. The number of carbonyl (C=O) groups is 2. The number of nitrogens with one attached hydrogen (secondary N) is 1. The molecule has 0 spiro atoms. The SMILES string of the molecule is C=C(Cl)CN1C(=O)C(C2CC2)NC(=O)C1c1ccccc1. The van der Waals surface area contributed by atoms with E-state index in [0.717, 1.165) is 18.4 Å². The maximum atomic E-state index is 12.7. The Bertz CT molecular complexity index is 583. The van der Waals surface area contributed by atoms with E-state index in [1.807, 2.05) is 30.3 Å². The zero-order valence-electron chi connectivity index (χ0n) is 11.6. The summed E-state index contributed by atoms with van der Waals surface area (Å²) in [6.07, 6.45) is 1.98. The Morgan fingerprint density at radius 3 is 2.52 bits per heavy atom. The lowest BCUT2D eigenvalue weighted by atomic mass is 9.98. The van der Waals surface area contributed by atoms with Gasteiger partial charge in [0.2, 0.25) is 11.8 Å². The number of benzene rings is 1. The van der Waals surface area contributed by atoms with E-state index in [1.54, 1.807) is 4.90 Å². The molecule has 0 aromatic heterocycles. The van der Waals surface area contributed by atoms with Crippen molar-refractivity contribution < 1.29 is 9.59 Å². The van der Waals surface area contributed by atoms with Gasteiger partial charge in [-0.2, -0.15) is 0 Å². The van der Waals surface area contributed by atoms with Crippen molar-refractivity contribution in [2.45, 2.75) is 24.9 Å². The highest BCUT2D eigenvalue weighted by Gasteiger charge is 2.47. The van der Waals surface area contributed by atoms with E-state index < -0.39 is 12.1 Å². The highest BCUT2D eigenvalue weighted by molar-refractivity contribution is 6.29. The van der Waals surface area contributed by atoms with Gasteiger partial charge in [0.15, 0.2) is 0 Å². The van der Waals surface area contributed by atoms with Crippen molar-refractivity contribution in [1.29, 1.82) is 0 Å². The largest absolute Gasteiger partial charge is 0.342 e. The lowest BCUT2D eigenvalue weighted by Gasteiger charge is -2.39. The maximum absolute atomic E-state index is 12.7. The van der Waals surface area contributed by atoms with Crippen LogP contribution >= 0.6 is 11.6 Å². The first-order valence-corrected chi connectivity index (χ1v) is 7.45. The number of hydrogen-bond acceptors (Lipinski definition) is 2. The molecule has 2 unspecified atom stereocenters. The molecule has 1 aromatic rings. The predicted molar refractivity (Wildman–Crippen MR) is 80.5 cm³/mol. The van der Waals surface area contributed by atoms with Crippen LogP contribution in [0.4, 0.5) is 0 Å². The number of hydrogen-bond donors (Lipinski definition) is 1. The maximum Gasteiger partial charge on any atom is 0.248 e. The Balaban J connectivity index is 1.94. The minimum atomic E-state index is -0.635. The Labute approximate surface area is 128 Å². The first-order chi connectivity index (χ1) is 10.1. The van der Waals surface area contributed by atoms with Gasteiger partial charge in [-0.1, -0.05) is 48.5 Å². The van der Waals surface area contributed by atoms with Crippen LogP contribution < -0.4 is 5.32 Å². The Hall–Kier alpha value is -1.81. The lowest BCUT2D eigenvalue weighted by molar-refractivity contribution is -0.149. The Kier molecular flexibility index (Phi) is 3.72. The quantitative estimate of drug-likeness (QED) is 0.927. The molecule has 2 aliphatic rings. The molecule has 1 saturated carbocycles. The van der Waals surface area contributed by atoms with Gasteiger partial charge in [-0.15, -0.1) is 0 Å². The predicted octanol–water partition coefficient (Wildman–Crippen LogP) is 2.22. The van der Waals surface area contributed by atoms with Gasteiger partial charge >= 0.3 is 0 Å². The second kappa shape index (κ2) is 5.53. The molecule has 2 amide bonds. The van der Waals surface area contributed by atoms with Crippen LogP contribution in [0.25, 0.3) is 0 Å². The molecule has 21 heavy (non-hydrogen) atoms. The van der Waals surface area contributed by atoms with Gasteiger partial charge < -0.3 is 10.2 Å². The summed E-state index contributed by atoms with van der Waals surface area (Å²) < 4.78 is 0. The van der Waals surface area contributed by atoms with Crippen molar-refractivity contribution >= 4 is 23.4 Å². The van der Waals surface area contributed by atoms with E-state index in [9.17, 15) is 9.59 Å². The van der Waals surface area contributed by atoms with Crippen LogP contribution in [0.3, 0.4) is 0 Å². The molecule has 4 nitrogen and oxygen atoms in total. The topological polar surface area (TPSA) is 49.4 Å². The number of halogens is 1. The van der Waals surface area contributed by atoms with Crippen LogP contribution in [0, 0.1) is 5.92 Å². The normalized spacial score (nSPS) is 25.7. The monoisotopic (exact) mass is 304 g/mol. The third-order valence-electron chi connectivity index (χ3n) is 3.96. The van der Waals surface area contributed by atoms with Crippen LogP contribution in [0.15, 0.2) is 41.9 Å². The van der Waals surface area contributed by atoms with E-state index in [0.29, 0.717) is 5.03 Å². The van der Waals surface area contributed by atoms with E-state index in [1.165, 1.54) is 0 Å². The van der Waals surface area contributed by atoms with Crippen LogP contribution in [-0.4, -0.2) is 29.3 Å². The fourth-order valence-corrected chi connectivity index (χ4v) is 2.94. The number of rotatable bonds is 4. The van der Waals surface area contributed by atoms with Crippen molar-refractivity contribution in [3.05, 3.63) is 47.5 Å². The molecule has 0 bridgehead atoms. The molecule has 1 aliphatic heterocycles. The minimum Gasteiger partial charge on any atom is -0.342 e. The number of carbonyl (C=O) groups excluding carboxylic acids is 2. The van der Waals surface area contributed by atoms with Gasteiger partial charge in [0.1, 0.15) is 12.1 Å². The molecule has 1 aliphatic carbocycles. The molecule has 1 saturated heterocycles. The number of nitrogens with zero attached hydrogens (tertiary/aromatic N) is 1. The van der Waals surface area contributed by atoms with E-state index in [4.69, 9.17) is 11.6 Å². The van der Waals surface area contributed by atoms with Gasteiger partial charge in [0.25, 0.3) is 0 Å². The third kappa shape index (κ3) is 2.81. The van der Waals surface area contributed by atoms with Crippen LogP contribution in [-0.2, 0) is 9.59 Å². The smallest absolute Gasteiger partial charge is 0.248 e. The molecule has 3 rings (SSSR count). The zero-order valence-corrected chi connectivity index (χ0v) is 12.3. The van der Waals surface area contributed by atoms with Crippen molar-refractivity contribution in [1.82, 2.24) is 10.2 Å². The summed E-state index contributed by atoms with van der Waals surface area (Å²) in [5.41, 5.74) is 0.788. The highest BCUT2D eigenvalue weighted by Crippen LogP contribution is 2.37. The summed E-state index contributed by atoms with van der Waals surface area (Å²) in [4.78, 5) is 26.7. The van der Waals surface area contributed by atoms with Crippen molar-refractivity contribution in [3.63, 3.8) is 0 Å². The summed E-state index contributed by atoms with van der Waals surface area (Å²) in [7, 11) is 0. The summed E-state index contributed by atoms with van der Waals surface area (Å²) in [5, 5.41) is 3.23. The van der Waals surface area contributed by atoms with Gasteiger partial charge in [0, 0.05) is 5.03 Å². The van der Waals surface area contributed by atoms with E-state index in [-0.39, 0.29) is 24.3 Å². The summed E-state index contributed by atoms with van der Waals surface area (Å²) in [6, 6.07) is 8.24. The second-order valence-electron chi connectivity index (χ2n) is 5.62. The van der Waals surface area contributed by atoms with Gasteiger partial charge in [-0.3, -0.25) is 9.59 Å². The fraction of sp³-hybridized carbons (Fsp3) is 0.375. The van der Waals surface area contributed by atoms with Gasteiger partial charge in [-0.25, -0.2) is 0 Å². The average molecular weight is 305 g/mol. The summed E-state index contributed by atoms with van der Waals surface area (Å²) in [5.74, 6) is 0.0626. The molecule has 1 aromatic carbocycles. The third-order valence-corrected chi connectivity index (χ3v) is 4.08. The second-order valence-corrected chi connectivity index (χ2v) is 6.15. The average Bonchev–Trinajstić information content (AvgIpc) is 3.27. The fourth-order valence-electron chi connectivity index (χ4n) is 2.81. The van der Waals surface area contributed by atoms with Crippen LogP contribution in [0.1, 0.15) is 24.4 Å². The first kappa shape index (κ1) is 14.1. The van der Waals surface area contributed by atoms with Crippen LogP contribution in [0.2, 0.25) is 0 Å². The Morgan fingerprint density at radius 1 is 1.29 bits per heavy atom. The highest BCUT2D eigenvalue weighted by atomic mass is 35.5. The molecule has 1 heterocycles. The first-order valence-electron chi connectivity index (χ1n) is 7.07. The molecular formula is C16H17ClN2O2. The van der Waals surface area contributed by atoms with Crippen molar-refractivity contribution in [3.8, 4) is 0 Å². The lowest BCUT2D eigenvalue weighted by Crippen LogP contribution is -2.60. The number of piperazine rings is 1. The van der Waals surface area contributed by atoms with E-state index in [2.05, 4.69) is 11.9 Å². The van der Waals surface area contributed by atoms with Gasteiger partial charge in [0.05, 0.1) is 6.54 Å². The van der Waals surface area contributed by atoms with Crippen molar-refractivity contribution in [2.75, 3.05) is 6.54 Å². The molecule has 1 N–H and O–H groups in total. The molecule has 5 heteroatoms. The van der Waals surface area contributed by atoms with Crippen molar-refractivity contribution in [2.24, 2.45) is 5.92 Å². The molecule has 110 valence electrons. The van der Waals surface area contributed by atoms with Gasteiger partial charge in [-0.05, 0) is 24.3 Å². The molecule has 2 fully saturated rings. The number of amides is 2. The summed E-state index contributed by atoms with van der Waals surface area (Å²) >= 11 is 5.90. The Morgan fingerprint density at radius 2 is 1.95 bits per heavy atom. The summed E-state index contributed by atoms with van der Waals surface area (Å²) in [6.45, 7) is 3.85. The standard InChI is InChI=1S/C16H17ClN2O2/c1-10(17)9-19-14(12-5-3-2-4-6-12)15(20)18-13(16(19)21)11-7-8-11/h2-6,11,13-14H,1,7-9H2,(H,18,20). The van der Waals surface area contributed by atoms with Crippen LogP contribution in [0.5, 0.6) is 0 Å². The van der Waals surface area contributed by atoms with E-state index >= 15 is 0 Å².